The SMILES string of the molecule is O=C(COC(=O)c1cccc(OCc2ccccc2)c1)Nc1cc(Cl)ccc1F. The first-order valence-electron chi connectivity index (χ1n) is 8.70. The van der Waals surface area contributed by atoms with Gasteiger partial charge >= 0.3 is 5.97 Å². The molecule has 29 heavy (non-hydrogen) atoms. The number of hydrogen-bond acceptors (Lipinski definition) is 4. The largest absolute Gasteiger partial charge is 0.489 e. The fourth-order valence-electron chi connectivity index (χ4n) is 2.45. The zero-order valence-corrected chi connectivity index (χ0v) is 16.0. The maximum atomic E-state index is 13.6. The van der Waals surface area contributed by atoms with Crippen LogP contribution in [0, 0.1) is 5.82 Å². The van der Waals surface area contributed by atoms with E-state index in [2.05, 4.69) is 5.32 Å². The molecule has 1 amide bonds. The average molecular weight is 414 g/mol. The van der Waals surface area contributed by atoms with Crippen LogP contribution in [0.25, 0.3) is 0 Å². The van der Waals surface area contributed by atoms with Crippen LogP contribution in [-0.4, -0.2) is 18.5 Å². The highest BCUT2D eigenvalue weighted by atomic mass is 35.5. The van der Waals surface area contributed by atoms with Crippen molar-refractivity contribution in [3.05, 3.63) is 94.8 Å². The Morgan fingerprint density at radius 1 is 0.966 bits per heavy atom. The second-order valence-electron chi connectivity index (χ2n) is 6.05. The molecule has 0 bridgehead atoms. The summed E-state index contributed by atoms with van der Waals surface area (Å²) in [5.41, 5.74) is 1.14. The van der Waals surface area contributed by atoms with Gasteiger partial charge < -0.3 is 14.8 Å². The van der Waals surface area contributed by atoms with Gasteiger partial charge in [-0.3, -0.25) is 4.79 Å². The highest BCUT2D eigenvalue weighted by molar-refractivity contribution is 6.30. The molecule has 0 radical (unpaired) electrons. The van der Waals surface area contributed by atoms with Crippen molar-refractivity contribution in [2.24, 2.45) is 0 Å². The predicted molar refractivity (Wildman–Crippen MR) is 108 cm³/mol. The van der Waals surface area contributed by atoms with Crippen molar-refractivity contribution in [2.75, 3.05) is 11.9 Å². The van der Waals surface area contributed by atoms with Crippen molar-refractivity contribution >= 4 is 29.2 Å². The molecule has 0 aliphatic rings. The van der Waals surface area contributed by atoms with Crippen LogP contribution >= 0.6 is 11.6 Å². The van der Waals surface area contributed by atoms with Crippen molar-refractivity contribution in [3.63, 3.8) is 0 Å². The fourth-order valence-corrected chi connectivity index (χ4v) is 2.62. The summed E-state index contributed by atoms with van der Waals surface area (Å²) < 4.78 is 24.3. The Morgan fingerprint density at radius 2 is 1.76 bits per heavy atom. The minimum Gasteiger partial charge on any atom is -0.489 e. The summed E-state index contributed by atoms with van der Waals surface area (Å²) in [5.74, 6) is -1.53. The third kappa shape index (κ3) is 6.05. The molecule has 0 saturated heterocycles. The van der Waals surface area contributed by atoms with E-state index in [0.717, 1.165) is 11.6 Å². The van der Waals surface area contributed by atoms with Gasteiger partial charge in [-0.05, 0) is 42.0 Å². The van der Waals surface area contributed by atoms with Crippen molar-refractivity contribution in [1.29, 1.82) is 0 Å². The van der Waals surface area contributed by atoms with E-state index in [1.54, 1.807) is 18.2 Å². The minimum absolute atomic E-state index is 0.0881. The van der Waals surface area contributed by atoms with E-state index in [9.17, 15) is 14.0 Å². The van der Waals surface area contributed by atoms with E-state index >= 15 is 0 Å². The van der Waals surface area contributed by atoms with Gasteiger partial charge in [-0.2, -0.15) is 0 Å². The van der Waals surface area contributed by atoms with Crippen LogP contribution in [0.3, 0.4) is 0 Å². The third-order valence-electron chi connectivity index (χ3n) is 3.85. The van der Waals surface area contributed by atoms with E-state index in [1.165, 1.54) is 18.2 Å². The van der Waals surface area contributed by atoms with Crippen LogP contribution in [0.4, 0.5) is 10.1 Å². The van der Waals surface area contributed by atoms with Gasteiger partial charge in [0.1, 0.15) is 18.2 Å². The number of rotatable bonds is 7. The summed E-state index contributed by atoms with van der Waals surface area (Å²) >= 11 is 5.77. The summed E-state index contributed by atoms with van der Waals surface area (Å²) in [6, 6.07) is 19.8. The van der Waals surface area contributed by atoms with E-state index in [-0.39, 0.29) is 16.3 Å². The molecular weight excluding hydrogens is 397 g/mol. The molecule has 0 unspecified atom stereocenters. The number of hydrogen-bond donors (Lipinski definition) is 1. The molecule has 0 atom stereocenters. The van der Waals surface area contributed by atoms with Gasteiger partial charge in [-0.25, -0.2) is 9.18 Å². The Hall–Kier alpha value is -3.38. The number of halogens is 2. The number of anilines is 1. The van der Waals surface area contributed by atoms with E-state index in [1.807, 2.05) is 30.3 Å². The molecule has 0 aliphatic carbocycles. The molecule has 0 fully saturated rings. The summed E-state index contributed by atoms with van der Waals surface area (Å²) in [5, 5.41) is 2.58. The lowest BCUT2D eigenvalue weighted by Crippen LogP contribution is -2.21. The number of ether oxygens (including phenoxy) is 2. The molecule has 0 aromatic heterocycles. The van der Waals surface area contributed by atoms with Crippen LogP contribution in [-0.2, 0) is 16.1 Å². The van der Waals surface area contributed by atoms with Crippen LogP contribution in [0.5, 0.6) is 5.75 Å². The van der Waals surface area contributed by atoms with Crippen molar-refractivity contribution in [2.45, 2.75) is 6.61 Å². The van der Waals surface area contributed by atoms with Crippen LogP contribution in [0.2, 0.25) is 5.02 Å². The number of benzene rings is 3. The first-order chi connectivity index (χ1) is 14.0. The number of nitrogens with one attached hydrogen (secondary N) is 1. The molecule has 7 heteroatoms. The number of amides is 1. The number of carbonyl (C=O) groups excluding carboxylic acids is 2. The fraction of sp³-hybridized carbons (Fsp3) is 0.0909. The summed E-state index contributed by atoms with van der Waals surface area (Å²) in [7, 11) is 0. The van der Waals surface area contributed by atoms with Gasteiger partial charge in [0.2, 0.25) is 0 Å². The average Bonchev–Trinajstić information content (AvgIpc) is 2.74. The second kappa shape index (κ2) is 9.71. The Labute approximate surface area is 172 Å². The Morgan fingerprint density at radius 3 is 2.55 bits per heavy atom. The third-order valence-corrected chi connectivity index (χ3v) is 4.09. The summed E-state index contributed by atoms with van der Waals surface area (Å²) in [6.45, 7) is -0.215. The Bertz CT molecular complexity index is 1010. The molecule has 0 aliphatic heterocycles. The van der Waals surface area contributed by atoms with Crippen molar-refractivity contribution in [1.82, 2.24) is 0 Å². The van der Waals surface area contributed by atoms with Crippen molar-refractivity contribution < 1.29 is 23.5 Å². The highest BCUT2D eigenvalue weighted by Gasteiger charge is 2.13. The lowest BCUT2D eigenvalue weighted by Gasteiger charge is -2.09. The molecule has 3 aromatic carbocycles. The van der Waals surface area contributed by atoms with Crippen LogP contribution in [0.1, 0.15) is 15.9 Å². The van der Waals surface area contributed by atoms with Gasteiger partial charge in [0.05, 0.1) is 11.3 Å². The number of carbonyl (C=O) groups is 2. The minimum atomic E-state index is -0.697. The van der Waals surface area contributed by atoms with E-state index in [4.69, 9.17) is 21.1 Å². The molecule has 0 saturated carbocycles. The van der Waals surface area contributed by atoms with Crippen LogP contribution < -0.4 is 10.1 Å². The zero-order chi connectivity index (χ0) is 20.6. The van der Waals surface area contributed by atoms with Gasteiger partial charge in [0.25, 0.3) is 5.91 Å². The molecule has 148 valence electrons. The topological polar surface area (TPSA) is 64.6 Å². The lowest BCUT2D eigenvalue weighted by molar-refractivity contribution is -0.119. The first-order valence-corrected chi connectivity index (χ1v) is 9.08. The molecule has 0 heterocycles. The maximum absolute atomic E-state index is 13.6. The second-order valence-corrected chi connectivity index (χ2v) is 6.49. The standard InChI is InChI=1S/C22H17ClFNO4/c23-17-9-10-19(24)20(12-17)25-21(26)14-29-22(27)16-7-4-8-18(11-16)28-13-15-5-2-1-3-6-15/h1-12H,13-14H2,(H,25,26). The van der Waals surface area contributed by atoms with Gasteiger partial charge in [0, 0.05) is 5.02 Å². The van der Waals surface area contributed by atoms with Gasteiger partial charge in [-0.1, -0.05) is 48.0 Å². The molecule has 3 rings (SSSR count). The molecular formula is C22H17ClFNO4. The van der Waals surface area contributed by atoms with Gasteiger partial charge in [-0.15, -0.1) is 0 Å². The maximum Gasteiger partial charge on any atom is 0.338 e. The zero-order valence-electron chi connectivity index (χ0n) is 15.2. The van der Waals surface area contributed by atoms with E-state index < -0.39 is 24.3 Å². The van der Waals surface area contributed by atoms with Crippen molar-refractivity contribution in [3.8, 4) is 5.75 Å². The summed E-state index contributed by atoms with van der Waals surface area (Å²) in [4.78, 5) is 24.1. The lowest BCUT2D eigenvalue weighted by atomic mass is 10.2. The smallest absolute Gasteiger partial charge is 0.338 e. The molecule has 1 N–H and O–H groups in total. The molecule has 3 aromatic rings. The molecule has 5 nitrogen and oxygen atoms in total. The first kappa shape index (κ1) is 20.4. The van der Waals surface area contributed by atoms with E-state index in [0.29, 0.717) is 12.4 Å². The molecule has 0 spiro atoms. The quantitative estimate of drug-likeness (QED) is 0.562. The highest BCUT2D eigenvalue weighted by Crippen LogP contribution is 2.20. The summed E-state index contributed by atoms with van der Waals surface area (Å²) in [6.07, 6.45) is 0. The number of esters is 1. The van der Waals surface area contributed by atoms with Gasteiger partial charge in [0.15, 0.2) is 6.61 Å². The Balaban J connectivity index is 1.53. The Kier molecular flexibility index (Phi) is 6.81. The normalized spacial score (nSPS) is 10.3. The predicted octanol–water partition coefficient (Wildman–Crippen LogP) is 4.85. The monoisotopic (exact) mass is 413 g/mol. The van der Waals surface area contributed by atoms with Crippen LogP contribution in [0.15, 0.2) is 72.8 Å².